The molecule has 2 aromatic rings. The minimum Gasteiger partial charge on any atom is -0.406 e. The fourth-order valence-electron chi connectivity index (χ4n) is 2.57. The third-order valence-electron chi connectivity index (χ3n) is 3.73. The molecule has 0 aliphatic carbocycles. The van der Waals surface area contributed by atoms with Gasteiger partial charge in [-0.2, -0.15) is 0 Å². The van der Waals surface area contributed by atoms with Gasteiger partial charge >= 0.3 is 6.36 Å². The lowest BCUT2D eigenvalue weighted by Gasteiger charge is -2.19. The normalized spacial score (nSPS) is 15.3. The number of alkyl halides is 3. The number of aliphatic hydroxyl groups is 1. The lowest BCUT2D eigenvalue weighted by molar-refractivity contribution is -0.274. The van der Waals surface area contributed by atoms with Crippen molar-refractivity contribution in [2.45, 2.75) is 12.5 Å². The topological polar surface area (TPSA) is 66.8 Å². The zero-order chi connectivity index (χ0) is 18.2. The summed E-state index contributed by atoms with van der Waals surface area (Å²) in [5.41, 5.74) is 0.772. The highest BCUT2D eigenvalue weighted by Crippen LogP contribution is 2.27. The van der Waals surface area contributed by atoms with Crippen molar-refractivity contribution in [2.24, 2.45) is 0 Å². The van der Waals surface area contributed by atoms with E-state index in [0.717, 1.165) is 17.0 Å². The number of hydrogen-bond acceptors (Lipinski definition) is 4. The van der Waals surface area contributed by atoms with Gasteiger partial charge in [0.2, 0.25) is 0 Å². The van der Waals surface area contributed by atoms with Crippen molar-refractivity contribution in [2.75, 3.05) is 6.54 Å². The smallest absolute Gasteiger partial charge is 0.406 e. The van der Waals surface area contributed by atoms with Gasteiger partial charge in [0.15, 0.2) is 0 Å². The average molecular weight is 351 g/mol. The van der Waals surface area contributed by atoms with Gasteiger partial charge in [-0.15, -0.1) is 13.2 Å². The van der Waals surface area contributed by atoms with E-state index in [-0.39, 0.29) is 23.2 Å². The molecule has 130 valence electrons. The highest BCUT2D eigenvalue weighted by Gasteiger charge is 2.36. The molecule has 1 aliphatic rings. The molecule has 8 heteroatoms. The summed E-state index contributed by atoms with van der Waals surface area (Å²) in [5.74, 6) is -1.46. The predicted octanol–water partition coefficient (Wildman–Crippen LogP) is 2.91. The number of carbonyl (C=O) groups is 2. The number of halogens is 3. The molecular weight excluding hydrogens is 339 g/mol. The number of imide groups is 1. The number of amides is 2. The van der Waals surface area contributed by atoms with Crippen molar-refractivity contribution in [1.82, 2.24) is 4.90 Å². The number of carbonyl (C=O) groups excluding carboxylic acids is 2. The SMILES string of the molecule is O=C1c2ccccc2C(=O)N1CC(O)c1ccc(OC(F)(F)F)cc1. The Kier molecular flexibility index (Phi) is 4.22. The van der Waals surface area contributed by atoms with E-state index in [4.69, 9.17) is 0 Å². The number of rotatable bonds is 4. The van der Waals surface area contributed by atoms with E-state index in [2.05, 4.69) is 4.74 Å². The molecule has 0 saturated heterocycles. The van der Waals surface area contributed by atoms with E-state index in [0.29, 0.717) is 0 Å². The second kappa shape index (κ2) is 6.21. The van der Waals surface area contributed by atoms with E-state index in [9.17, 15) is 27.9 Å². The van der Waals surface area contributed by atoms with Crippen LogP contribution in [0.4, 0.5) is 13.2 Å². The first-order valence-corrected chi connectivity index (χ1v) is 7.25. The van der Waals surface area contributed by atoms with Crippen molar-refractivity contribution < 1.29 is 32.6 Å². The van der Waals surface area contributed by atoms with E-state index in [1.807, 2.05) is 0 Å². The third-order valence-corrected chi connectivity index (χ3v) is 3.73. The number of benzene rings is 2. The number of β-amino-alcohol motifs (C(OH)–C–C–N with tert-alkyl or cyclic N) is 1. The first-order valence-electron chi connectivity index (χ1n) is 7.25. The zero-order valence-corrected chi connectivity index (χ0v) is 12.7. The molecule has 1 atom stereocenters. The summed E-state index contributed by atoms with van der Waals surface area (Å²) >= 11 is 0. The average Bonchev–Trinajstić information content (AvgIpc) is 2.79. The molecular formula is C17H12F3NO4. The quantitative estimate of drug-likeness (QED) is 0.860. The molecule has 1 aliphatic heterocycles. The molecule has 1 unspecified atom stereocenters. The Labute approximate surface area is 140 Å². The molecule has 0 radical (unpaired) electrons. The van der Waals surface area contributed by atoms with Gasteiger partial charge in [0.05, 0.1) is 23.8 Å². The molecule has 0 aromatic heterocycles. The van der Waals surface area contributed by atoms with Crippen LogP contribution in [0.1, 0.15) is 32.4 Å². The maximum atomic E-state index is 12.2. The Balaban J connectivity index is 1.72. The van der Waals surface area contributed by atoms with Crippen LogP contribution in [0.3, 0.4) is 0 Å². The minimum atomic E-state index is -4.81. The van der Waals surface area contributed by atoms with Crippen LogP contribution < -0.4 is 4.74 Å². The Morgan fingerprint density at radius 2 is 1.48 bits per heavy atom. The second-order valence-electron chi connectivity index (χ2n) is 5.40. The summed E-state index contributed by atoms with van der Waals surface area (Å²) < 4.78 is 40.1. The van der Waals surface area contributed by atoms with Gasteiger partial charge in [-0.1, -0.05) is 24.3 Å². The van der Waals surface area contributed by atoms with Crippen LogP contribution in [0.5, 0.6) is 5.75 Å². The summed E-state index contributed by atoms with van der Waals surface area (Å²) in [6.45, 7) is -0.300. The maximum Gasteiger partial charge on any atom is 0.573 e. The van der Waals surface area contributed by atoms with Crippen molar-refractivity contribution >= 4 is 11.8 Å². The zero-order valence-electron chi connectivity index (χ0n) is 12.7. The molecule has 0 bridgehead atoms. The highest BCUT2D eigenvalue weighted by molar-refractivity contribution is 6.21. The summed E-state index contributed by atoms with van der Waals surface area (Å²) in [5, 5.41) is 10.2. The summed E-state index contributed by atoms with van der Waals surface area (Å²) in [4.78, 5) is 25.4. The molecule has 3 rings (SSSR count). The summed E-state index contributed by atoms with van der Waals surface area (Å²) in [6, 6.07) is 10.9. The lowest BCUT2D eigenvalue weighted by atomic mass is 10.1. The Hall–Kier alpha value is -2.87. The van der Waals surface area contributed by atoms with Gasteiger partial charge in [0.1, 0.15) is 5.75 Å². The third kappa shape index (κ3) is 3.48. The van der Waals surface area contributed by atoms with Gasteiger partial charge in [-0.25, -0.2) is 0 Å². The number of ether oxygens (including phenoxy) is 1. The maximum absolute atomic E-state index is 12.2. The van der Waals surface area contributed by atoms with Gasteiger partial charge in [-0.3, -0.25) is 14.5 Å². The van der Waals surface area contributed by atoms with E-state index in [1.165, 1.54) is 24.3 Å². The first kappa shape index (κ1) is 17.0. The standard InChI is InChI=1S/C17H12F3NO4/c18-17(19,20)25-11-7-5-10(6-8-11)14(22)9-21-15(23)12-3-1-2-4-13(12)16(21)24/h1-8,14,22H,9H2. The molecule has 1 N–H and O–H groups in total. The van der Waals surface area contributed by atoms with Gasteiger partial charge < -0.3 is 9.84 Å². The van der Waals surface area contributed by atoms with Crippen molar-refractivity contribution in [3.63, 3.8) is 0 Å². The Bertz CT molecular complexity index is 782. The molecule has 2 amide bonds. The van der Waals surface area contributed by atoms with Crippen LogP contribution in [0, 0.1) is 0 Å². The van der Waals surface area contributed by atoms with Crippen LogP contribution in [-0.2, 0) is 0 Å². The number of hydrogen-bond donors (Lipinski definition) is 1. The van der Waals surface area contributed by atoms with E-state index in [1.54, 1.807) is 12.1 Å². The molecule has 0 spiro atoms. The van der Waals surface area contributed by atoms with Crippen LogP contribution in [-0.4, -0.2) is 34.7 Å². The van der Waals surface area contributed by atoms with Gasteiger partial charge in [-0.05, 0) is 29.8 Å². The van der Waals surface area contributed by atoms with Crippen molar-refractivity contribution in [3.8, 4) is 5.75 Å². The molecule has 2 aromatic carbocycles. The fraction of sp³-hybridized carbons (Fsp3) is 0.176. The van der Waals surface area contributed by atoms with Crippen LogP contribution in [0.25, 0.3) is 0 Å². The molecule has 0 saturated carbocycles. The molecule has 5 nitrogen and oxygen atoms in total. The first-order chi connectivity index (χ1) is 11.8. The fourth-order valence-corrected chi connectivity index (χ4v) is 2.57. The van der Waals surface area contributed by atoms with E-state index >= 15 is 0 Å². The largest absolute Gasteiger partial charge is 0.573 e. The number of aliphatic hydroxyl groups excluding tert-OH is 1. The molecule has 25 heavy (non-hydrogen) atoms. The summed E-state index contributed by atoms with van der Waals surface area (Å²) in [6.07, 6.45) is -6.04. The predicted molar refractivity (Wildman–Crippen MR) is 79.9 cm³/mol. The van der Waals surface area contributed by atoms with Gasteiger partial charge in [0.25, 0.3) is 11.8 Å². The number of fused-ring (bicyclic) bond motifs is 1. The van der Waals surface area contributed by atoms with Crippen molar-refractivity contribution in [3.05, 3.63) is 65.2 Å². The molecule has 1 heterocycles. The van der Waals surface area contributed by atoms with Crippen LogP contribution in [0.15, 0.2) is 48.5 Å². The monoisotopic (exact) mass is 351 g/mol. The van der Waals surface area contributed by atoms with Crippen LogP contribution in [0.2, 0.25) is 0 Å². The van der Waals surface area contributed by atoms with E-state index < -0.39 is 30.0 Å². The Morgan fingerprint density at radius 1 is 0.960 bits per heavy atom. The lowest BCUT2D eigenvalue weighted by Crippen LogP contribution is -2.33. The summed E-state index contributed by atoms with van der Waals surface area (Å²) in [7, 11) is 0. The highest BCUT2D eigenvalue weighted by atomic mass is 19.4. The molecule has 0 fully saturated rings. The second-order valence-corrected chi connectivity index (χ2v) is 5.40. The van der Waals surface area contributed by atoms with Crippen molar-refractivity contribution in [1.29, 1.82) is 0 Å². The van der Waals surface area contributed by atoms with Gasteiger partial charge in [0, 0.05) is 0 Å². The Morgan fingerprint density at radius 3 is 1.96 bits per heavy atom. The minimum absolute atomic E-state index is 0.256. The number of nitrogens with zero attached hydrogens (tertiary/aromatic N) is 1. The van der Waals surface area contributed by atoms with Crippen LogP contribution >= 0.6 is 0 Å².